The van der Waals surface area contributed by atoms with E-state index in [4.69, 9.17) is 5.11 Å². The van der Waals surface area contributed by atoms with E-state index in [0.29, 0.717) is 5.56 Å². The van der Waals surface area contributed by atoms with E-state index in [-0.39, 0.29) is 6.42 Å². The predicted molar refractivity (Wildman–Crippen MR) is 54.3 cm³/mol. The number of hydrogen-bond acceptors (Lipinski definition) is 3. The zero-order chi connectivity index (χ0) is 11.5. The molecule has 15 heavy (non-hydrogen) atoms. The summed E-state index contributed by atoms with van der Waals surface area (Å²) in [5.74, 6) is -3.93. The van der Waals surface area contributed by atoms with Gasteiger partial charge in [-0.1, -0.05) is 30.3 Å². The fourth-order valence-electron chi connectivity index (χ4n) is 1.42. The highest BCUT2D eigenvalue weighted by molar-refractivity contribution is 5.76. The van der Waals surface area contributed by atoms with Gasteiger partial charge in [0, 0.05) is 6.42 Å². The maximum atomic E-state index is 11.0. The second-order valence-electron chi connectivity index (χ2n) is 3.72. The van der Waals surface area contributed by atoms with E-state index in [0.717, 1.165) is 0 Å². The summed E-state index contributed by atoms with van der Waals surface area (Å²) in [7, 11) is 0. The highest BCUT2D eigenvalue weighted by Crippen LogP contribution is 2.24. The Morgan fingerprint density at radius 2 is 1.87 bits per heavy atom. The van der Waals surface area contributed by atoms with Crippen LogP contribution >= 0.6 is 0 Å². The molecule has 3 N–H and O–H groups in total. The molecular formula is C11H14O4. The zero-order valence-electron chi connectivity index (χ0n) is 8.42. The lowest BCUT2D eigenvalue weighted by Crippen LogP contribution is -2.29. The van der Waals surface area contributed by atoms with Gasteiger partial charge in [0.25, 0.3) is 0 Å². The van der Waals surface area contributed by atoms with Crippen molar-refractivity contribution in [2.45, 2.75) is 25.0 Å². The summed E-state index contributed by atoms with van der Waals surface area (Å²) in [6.45, 7) is 1.17. The van der Waals surface area contributed by atoms with Gasteiger partial charge >= 0.3 is 5.97 Å². The first kappa shape index (κ1) is 11.7. The van der Waals surface area contributed by atoms with E-state index in [1.54, 1.807) is 30.3 Å². The van der Waals surface area contributed by atoms with Crippen molar-refractivity contribution in [2.75, 3.05) is 0 Å². The van der Waals surface area contributed by atoms with Gasteiger partial charge in [-0.25, -0.2) is 0 Å². The maximum absolute atomic E-state index is 11.0. The summed E-state index contributed by atoms with van der Waals surface area (Å²) in [6.07, 6.45) is -0.230. The van der Waals surface area contributed by atoms with Crippen LogP contribution in [0.3, 0.4) is 0 Å². The standard InChI is InChI=1S/C11H14O4/c1-11(14,15)7-9(10(12)13)8-5-3-2-4-6-8/h2-6,9,14-15H,7H2,1H3,(H,12,13). The Labute approximate surface area is 87.8 Å². The van der Waals surface area contributed by atoms with Gasteiger partial charge in [0.05, 0.1) is 5.92 Å². The normalized spacial score (nSPS) is 13.5. The van der Waals surface area contributed by atoms with E-state index < -0.39 is 17.7 Å². The first-order chi connectivity index (χ1) is 6.90. The van der Waals surface area contributed by atoms with Crippen molar-refractivity contribution in [3.63, 3.8) is 0 Å². The number of carbonyl (C=O) groups is 1. The van der Waals surface area contributed by atoms with Crippen LogP contribution in [-0.2, 0) is 4.79 Å². The van der Waals surface area contributed by atoms with Gasteiger partial charge in [0.15, 0.2) is 5.79 Å². The molecule has 0 saturated heterocycles. The molecular weight excluding hydrogens is 196 g/mol. The molecule has 4 nitrogen and oxygen atoms in total. The van der Waals surface area contributed by atoms with Crippen LogP contribution in [0.2, 0.25) is 0 Å². The molecule has 0 fully saturated rings. The Hall–Kier alpha value is -1.39. The van der Waals surface area contributed by atoms with Crippen molar-refractivity contribution in [1.82, 2.24) is 0 Å². The SMILES string of the molecule is CC(O)(O)CC(C(=O)O)c1ccccc1. The molecule has 1 aromatic carbocycles. The monoisotopic (exact) mass is 210 g/mol. The molecule has 1 rings (SSSR count). The zero-order valence-corrected chi connectivity index (χ0v) is 8.42. The third-order valence-corrected chi connectivity index (χ3v) is 2.09. The van der Waals surface area contributed by atoms with Crippen LogP contribution in [0.5, 0.6) is 0 Å². The summed E-state index contributed by atoms with van der Waals surface area (Å²) in [5, 5.41) is 27.3. The number of aliphatic carboxylic acids is 1. The third-order valence-electron chi connectivity index (χ3n) is 2.09. The van der Waals surface area contributed by atoms with Gasteiger partial charge < -0.3 is 15.3 Å². The molecule has 0 aliphatic rings. The number of aliphatic hydroxyl groups is 2. The van der Waals surface area contributed by atoms with E-state index in [2.05, 4.69) is 0 Å². The minimum absolute atomic E-state index is 0.230. The number of rotatable bonds is 4. The first-order valence-electron chi connectivity index (χ1n) is 4.62. The molecule has 0 heterocycles. The molecule has 0 radical (unpaired) electrons. The van der Waals surface area contributed by atoms with E-state index in [9.17, 15) is 15.0 Å². The lowest BCUT2D eigenvalue weighted by molar-refractivity contribution is -0.164. The van der Waals surface area contributed by atoms with E-state index in [1.807, 2.05) is 0 Å². The second kappa shape index (κ2) is 4.42. The molecule has 0 aliphatic carbocycles. The largest absolute Gasteiger partial charge is 0.481 e. The predicted octanol–water partition coefficient (Wildman–Crippen LogP) is 0.946. The van der Waals surface area contributed by atoms with Crippen molar-refractivity contribution in [3.05, 3.63) is 35.9 Å². The highest BCUT2D eigenvalue weighted by Gasteiger charge is 2.28. The quantitative estimate of drug-likeness (QED) is 0.646. The van der Waals surface area contributed by atoms with Crippen LogP contribution in [0.25, 0.3) is 0 Å². The van der Waals surface area contributed by atoms with Crippen LogP contribution in [0, 0.1) is 0 Å². The minimum atomic E-state index is -1.97. The minimum Gasteiger partial charge on any atom is -0.481 e. The van der Waals surface area contributed by atoms with E-state index >= 15 is 0 Å². The van der Waals surface area contributed by atoms with Crippen LogP contribution < -0.4 is 0 Å². The second-order valence-corrected chi connectivity index (χ2v) is 3.72. The van der Waals surface area contributed by atoms with E-state index in [1.165, 1.54) is 6.92 Å². The van der Waals surface area contributed by atoms with Gasteiger partial charge in [0.1, 0.15) is 0 Å². The molecule has 0 aliphatic heterocycles. The third kappa shape index (κ3) is 3.69. The van der Waals surface area contributed by atoms with Gasteiger partial charge in [-0.2, -0.15) is 0 Å². The maximum Gasteiger partial charge on any atom is 0.311 e. The van der Waals surface area contributed by atoms with Crippen molar-refractivity contribution >= 4 is 5.97 Å². The van der Waals surface area contributed by atoms with Gasteiger partial charge in [-0.05, 0) is 12.5 Å². The number of carboxylic acids is 1. The van der Waals surface area contributed by atoms with Crippen LogP contribution in [-0.4, -0.2) is 27.1 Å². The Balaban J connectivity index is 2.90. The average Bonchev–Trinajstić information content (AvgIpc) is 2.14. The number of carboxylic acid groups (broad SMARTS) is 1. The summed E-state index contributed by atoms with van der Waals surface area (Å²) in [5.41, 5.74) is 0.569. The van der Waals surface area contributed by atoms with Crippen molar-refractivity contribution in [1.29, 1.82) is 0 Å². The van der Waals surface area contributed by atoms with Gasteiger partial charge in [-0.3, -0.25) is 4.79 Å². The summed E-state index contributed by atoms with van der Waals surface area (Å²) < 4.78 is 0. The molecule has 0 bridgehead atoms. The first-order valence-corrected chi connectivity index (χ1v) is 4.62. The Morgan fingerprint density at radius 3 is 2.27 bits per heavy atom. The summed E-state index contributed by atoms with van der Waals surface area (Å²) >= 11 is 0. The summed E-state index contributed by atoms with van der Waals surface area (Å²) in [4.78, 5) is 11.0. The Kier molecular flexibility index (Phi) is 3.44. The average molecular weight is 210 g/mol. The Morgan fingerprint density at radius 1 is 1.33 bits per heavy atom. The summed E-state index contributed by atoms with van der Waals surface area (Å²) in [6, 6.07) is 8.53. The molecule has 1 atom stereocenters. The van der Waals surface area contributed by atoms with Crippen LogP contribution in [0.4, 0.5) is 0 Å². The lowest BCUT2D eigenvalue weighted by atomic mass is 9.92. The fourth-order valence-corrected chi connectivity index (χ4v) is 1.42. The van der Waals surface area contributed by atoms with Gasteiger partial charge in [0.2, 0.25) is 0 Å². The Bertz CT molecular complexity index is 326. The topological polar surface area (TPSA) is 77.8 Å². The van der Waals surface area contributed by atoms with Crippen molar-refractivity contribution in [3.8, 4) is 0 Å². The molecule has 1 aromatic rings. The van der Waals surface area contributed by atoms with Crippen molar-refractivity contribution in [2.24, 2.45) is 0 Å². The molecule has 0 amide bonds. The van der Waals surface area contributed by atoms with Crippen LogP contribution in [0.15, 0.2) is 30.3 Å². The van der Waals surface area contributed by atoms with Gasteiger partial charge in [-0.15, -0.1) is 0 Å². The molecule has 0 aromatic heterocycles. The number of benzene rings is 1. The number of hydrogen-bond donors (Lipinski definition) is 3. The molecule has 0 spiro atoms. The molecule has 0 saturated carbocycles. The van der Waals surface area contributed by atoms with Crippen LogP contribution in [0.1, 0.15) is 24.8 Å². The molecule has 82 valence electrons. The van der Waals surface area contributed by atoms with Crippen molar-refractivity contribution < 1.29 is 20.1 Å². The highest BCUT2D eigenvalue weighted by atomic mass is 16.5. The lowest BCUT2D eigenvalue weighted by Gasteiger charge is -2.21. The molecule has 1 unspecified atom stereocenters. The molecule has 4 heteroatoms. The smallest absolute Gasteiger partial charge is 0.311 e. The fraction of sp³-hybridized carbons (Fsp3) is 0.364.